The number of aryl methyl sites for hydroxylation is 1. The van der Waals surface area contributed by atoms with Crippen molar-refractivity contribution in [3.05, 3.63) is 36.6 Å². The van der Waals surface area contributed by atoms with Crippen LogP contribution in [0.15, 0.2) is 24.8 Å². The van der Waals surface area contributed by atoms with Crippen molar-refractivity contribution in [2.75, 3.05) is 0 Å². The maximum atomic E-state index is 12.8. The summed E-state index contributed by atoms with van der Waals surface area (Å²) in [6.07, 6.45) is 5.39. The van der Waals surface area contributed by atoms with Gasteiger partial charge in [0.05, 0.1) is 0 Å². The second-order valence-electron chi connectivity index (χ2n) is 2.77. The van der Waals surface area contributed by atoms with Gasteiger partial charge in [-0.2, -0.15) is 4.39 Å². The highest BCUT2D eigenvalue weighted by Gasteiger charge is 2.04. The van der Waals surface area contributed by atoms with Gasteiger partial charge in [-0.1, -0.05) is 6.92 Å². The largest absolute Gasteiger partial charge is 0.288 e. The summed E-state index contributed by atoms with van der Waals surface area (Å²) in [5.41, 5.74) is 0. The highest BCUT2D eigenvalue weighted by Crippen LogP contribution is 2.07. The minimum atomic E-state index is -0.536. The van der Waals surface area contributed by atoms with Crippen LogP contribution in [-0.2, 0) is 6.42 Å². The molecule has 4 nitrogen and oxygen atoms in total. The third kappa shape index (κ3) is 1.48. The van der Waals surface area contributed by atoms with Crippen molar-refractivity contribution in [1.29, 1.82) is 0 Å². The molecule has 0 aliphatic heterocycles. The van der Waals surface area contributed by atoms with E-state index in [0.29, 0.717) is 5.82 Å². The molecule has 0 aliphatic rings. The molecule has 0 amide bonds. The number of hydrogen-bond acceptors (Lipinski definition) is 3. The van der Waals surface area contributed by atoms with Gasteiger partial charge in [-0.15, -0.1) is 0 Å². The number of nitrogens with zero attached hydrogens (tertiary/aromatic N) is 4. The van der Waals surface area contributed by atoms with Gasteiger partial charge in [0.25, 0.3) is 0 Å². The van der Waals surface area contributed by atoms with Crippen LogP contribution in [0.1, 0.15) is 12.7 Å². The predicted molar refractivity (Wildman–Crippen MR) is 48.5 cm³/mol. The molecule has 2 rings (SSSR count). The smallest absolute Gasteiger partial charge is 0.218 e. The molecule has 0 saturated heterocycles. The van der Waals surface area contributed by atoms with E-state index in [9.17, 15) is 4.39 Å². The lowest BCUT2D eigenvalue weighted by Gasteiger charge is -2.03. The molecule has 2 heterocycles. The monoisotopic (exact) mass is 192 g/mol. The highest BCUT2D eigenvalue weighted by molar-refractivity contribution is 5.22. The van der Waals surface area contributed by atoms with E-state index in [1.54, 1.807) is 17.0 Å². The van der Waals surface area contributed by atoms with Crippen LogP contribution in [0.2, 0.25) is 0 Å². The van der Waals surface area contributed by atoms with Crippen molar-refractivity contribution in [3.63, 3.8) is 0 Å². The molecule has 2 aromatic rings. The lowest BCUT2D eigenvalue weighted by Crippen LogP contribution is -2.02. The first kappa shape index (κ1) is 8.80. The summed E-state index contributed by atoms with van der Waals surface area (Å²) in [7, 11) is 0. The Labute approximate surface area is 80.5 Å². The third-order valence-electron chi connectivity index (χ3n) is 1.90. The third-order valence-corrected chi connectivity index (χ3v) is 1.90. The summed E-state index contributed by atoms with van der Waals surface area (Å²) in [6.45, 7) is 1.98. The van der Waals surface area contributed by atoms with Crippen LogP contribution in [0.3, 0.4) is 0 Å². The molecule has 14 heavy (non-hydrogen) atoms. The highest BCUT2D eigenvalue weighted by atomic mass is 19.1. The van der Waals surface area contributed by atoms with Crippen molar-refractivity contribution in [1.82, 2.24) is 19.5 Å². The second kappa shape index (κ2) is 3.53. The molecule has 0 saturated carbocycles. The van der Waals surface area contributed by atoms with Crippen molar-refractivity contribution in [2.45, 2.75) is 13.3 Å². The summed E-state index contributed by atoms with van der Waals surface area (Å²) in [5.74, 6) is 0.820. The molecule has 0 fully saturated rings. The Hall–Kier alpha value is -1.78. The zero-order chi connectivity index (χ0) is 9.97. The van der Waals surface area contributed by atoms with E-state index in [1.165, 1.54) is 12.4 Å². The lowest BCUT2D eigenvalue weighted by molar-refractivity contribution is 0.577. The number of hydrogen-bond donors (Lipinski definition) is 0. The summed E-state index contributed by atoms with van der Waals surface area (Å²) in [6, 6.07) is 1.28. The molecule has 0 atom stereocenters. The fourth-order valence-electron chi connectivity index (χ4n) is 1.26. The van der Waals surface area contributed by atoms with Gasteiger partial charge >= 0.3 is 0 Å². The van der Waals surface area contributed by atoms with Gasteiger partial charge in [0.15, 0.2) is 0 Å². The average Bonchev–Trinajstić information content (AvgIpc) is 2.65. The number of rotatable bonds is 2. The van der Waals surface area contributed by atoms with Crippen LogP contribution in [-0.4, -0.2) is 19.5 Å². The summed E-state index contributed by atoms with van der Waals surface area (Å²) in [5, 5.41) is 0. The molecule has 72 valence electrons. The van der Waals surface area contributed by atoms with Crippen LogP contribution in [0, 0.1) is 5.95 Å². The molecule has 0 bridgehead atoms. The van der Waals surface area contributed by atoms with E-state index in [1.807, 2.05) is 6.92 Å². The Kier molecular flexibility index (Phi) is 2.22. The molecule has 0 N–H and O–H groups in total. The first-order valence-electron chi connectivity index (χ1n) is 4.31. The van der Waals surface area contributed by atoms with Gasteiger partial charge in [-0.25, -0.2) is 15.0 Å². The van der Waals surface area contributed by atoms with Crippen LogP contribution in [0.4, 0.5) is 4.39 Å². The van der Waals surface area contributed by atoms with E-state index in [2.05, 4.69) is 15.0 Å². The quantitative estimate of drug-likeness (QED) is 0.675. The van der Waals surface area contributed by atoms with Gasteiger partial charge in [0.1, 0.15) is 18.0 Å². The Balaban J connectivity index is 2.49. The fourth-order valence-corrected chi connectivity index (χ4v) is 1.26. The molecule has 5 heteroatoms. The molecule has 0 aromatic carbocycles. The van der Waals surface area contributed by atoms with Crippen LogP contribution in [0.25, 0.3) is 5.82 Å². The molecular formula is C9H9FN4. The number of aromatic nitrogens is 4. The Morgan fingerprint density at radius 2 is 2.21 bits per heavy atom. The maximum absolute atomic E-state index is 12.8. The lowest BCUT2D eigenvalue weighted by atomic mass is 10.4. The van der Waals surface area contributed by atoms with Crippen molar-refractivity contribution in [3.8, 4) is 5.82 Å². The number of imidazole rings is 1. The Bertz CT molecular complexity index is 438. The first-order chi connectivity index (χ1) is 6.81. The normalized spacial score (nSPS) is 10.4. The number of halogens is 1. The van der Waals surface area contributed by atoms with E-state index in [-0.39, 0.29) is 0 Å². The zero-order valence-electron chi connectivity index (χ0n) is 7.68. The van der Waals surface area contributed by atoms with Crippen LogP contribution >= 0.6 is 0 Å². The zero-order valence-corrected chi connectivity index (χ0v) is 7.68. The topological polar surface area (TPSA) is 43.6 Å². The Morgan fingerprint density at radius 1 is 1.36 bits per heavy atom. The minimum Gasteiger partial charge on any atom is -0.288 e. The predicted octanol–water partition coefficient (Wildman–Crippen LogP) is 1.36. The second-order valence-corrected chi connectivity index (χ2v) is 2.77. The molecular weight excluding hydrogens is 183 g/mol. The summed E-state index contributed by atoms with van der Waals surface area (Å²) >= 11 is 0. The molecule has 2 aromatic heterocycles. The standard InChI is InChI=1S/C9H9FN4/c1-2-8-11-3-4-14(8)9-5-7(10)12-6-13-9/h3-6H,2H2,1H3. The van der Waals surface area contributed by atoms with E-state index in [4.69, 9.17) is 0 Å². The van der Waals surface area contributed by atoms with Gasteiger partial charge in [0.2, 0.25) is 5.95 Å². The van der Waals surface area contributed by atoms with Gasteiger partial charge in [0, 0.05) is 24.9 Å². The maximum Gasteiger partial charge on any atom is 0.218 e. The first-order valence-corrected chi connectivity index (χ1v) is 4.31. The minimum absolute atomic E-state index is 0.506. The van der Waals surface area contributed by atoms with Crippen molar-refractivity contribution in [2.24, 2.45) is 0 Å². The van der Waals surface area contributed by atoms with Crippen LogP contribution < -0.4 is 0 Å². The van der Waals surface area contributed by atoms with Gasteiger partial charge in [-0.3, -0.25) is 4.57 Å². The van der Waals surface area contributed by atoms with E-state index in [0.717, 1.165) is 12.2 Å². The van der Waals surface area contributed by atoms with E-state index >= 15 is 0 Å². The van der Waals surface area contributed by atoms with Gasteiger partial charge < -0.3 is 0 Å². The Morgan fingerprint density at radius 3 is 2.93 bits per heavy atom. The fraction of sp³-hybridized carbons (Fsp3) is 0.222. The van der Waals surface area contributed by atoms with Crippen molar-refractivity contribution < 1.29 is 4.39 Å². The summed E-state index contributed by atoms with van der Waals surface area (Å²) < 4.78 is 14.6. The average molecular weight is 192 g/mol. The van der Waals surface area contributed by atoms with E-state index < -0.39 is 5.95 Å². The molecule has 0 radical (unpaired) electrons. The van der Waals surface area contributed by atoms with Crippen molar-refractivity contribution >= 4 is 0 Å². The molecule has 0 aliphatic carbocycles. The molecule has 0 spiro atoms. The van der Waals surface area contributed by atoms with Gasteiger partial charge in [-0.05, 0) is 0 Å². The van der Waals surface area contributed by atoms with Crippen LogP contribution in [0.5, 0.6) is 0 Å². The molecule has 0 unspecified atom stereocenters. The summed E-state index contributed by atoms with van der Waals surface area (Å²) in [4.78, 5) is 11.5. The SMILES string of the molecule is CCc1nccn1-c1cc(F)ncn1.